The number of aromatic nitrogens is 2. The summed E-state index contributed by atoms with van der Waals surface area (Å²) >= 11 is 6.61. The highest BCUT2D eigenvalue weighted by Crippen LogP contribution is 2.34. The molecule has 180 valence electrons. The second-order valence-corrected chi connectivity index (χ2v) is 10.1. The summed E-state index contributed by atoms with van der Waals surface area (Å²) in [5.41, 5.74) is 3.54. The number of ether oxygens (including phenoxy) is 2. The van der Waals surface area contributed by atoms with Crippen LogP contribution in [0.4, 0.5) is 0 Å². The lowest BCUT2D eigenvalue weighted by molar-refractivity contribution is -0.162. The lowest BCUT2D eigenvalue weighted by atomic mass is 9.86. The predicted octanol–water partition coefficient (Wildman–Crippen LogP) is 6.20. The van der Waals surface area contributed by atoms with Gasteiger partial charge in [-0.2, -0.15) is 5.10 Å². The van der Waals surface area contributed by atoms with Crippen LogP contribution < -0.4 is 0 Å². The summed E-state index contributed by atoms with van der Waals surface area (Å²) in [5.74, 6) is 0.121. The molecule has 0 aliphatic rings. The molecule has 0 aliphatic heterocycles. The van der Waals surface area contributed by atoms with Gasteiger partial charge in [0.1, 0.15) is 5.69 Å². The second-order valence-electron chi connectivity index (χ2n) is 9.76. The molecule has 1 heterocycles. The first-order valence-electron chi connectivity index (χ1n) is 11.1. The maximum absolute atomic E-state index is 12.5. The molecule has 7 heteroatoms. The summed E-state index contributed by atoms with van der Waals surface area (Å²) < 4.78 is 13.2. The summed E-state index contributed by atoms with van der Waals surface area (Å²) in [6.45, 7) is 13.7. The van der Waals surface area contributed by atoms with Gasteiger partial charge in [-0.05, 0) is 43.7 Å². The average molecular weight is 474 g/mol. The zero-order valence-corrected chi connectivity index (χ0v) is 22.0. The first kappa shape index (κ1) is 26.7. The Kier molecular flexibility index (Phi) is 8.52. The topological polar surface area (TPSA) is 65.7 Å². The van der Waals surface area contributed by atoms with Crippen molar-refractivity contribution in [2.45, 2.75) is 60.3 Å². The molecule has 0 aliphatic carbocycles. The molecule has 1 aromatic carbocycles. The first-order valence-corrected chi connectivity index (χ1v) is 11.5. The van der Waals surface area contributed by atoms with Crippen molar-refractivity contribution in [3.05, 3.63) is 51.8 Å². The number of aliphatic imine (C=N–C) groups is 1. The smallest absolute Gasteiger partial charge is 0.314 e. The van der Waals surface area contributed by atoms with Gasteiger partial charge in [-0.15, -0.1) is 0 Å². The van der Waals surface area contributed by atoms with E-state index in [0.717, 1.165) is 5.56 Å². The fourth-order valence-electron chi connectivity index (χ4n) is 3.18. The standard InChI is InChI=1S/C26H36ClN3O3/c1-10-26(6,7)24(31)33-16-32-23(22-21(27)17(2)29-30(22)9)20(15-28-8)18-11-13-19(14-12-18)25(3,4)5/h11-15H,10,16H2,1-9H3/b23-20-,28-15?. The fraction of sp³-hybridized carbons (Fsp3) is 0.500. The molecule has 6 nitrogen and oxygen atoms in total. The van der Waals surface area contributed by atoms with Crippen molar-refractivity contribution in [3.8, 4) is 0 Å². The second kappa shape index (κ2) is 10.6. The normalized spacial score (nSPS) is 13.3. The molecule has 0 radical (unpaired) electrons. The maximum Gasteiger partial charge on any atom is 0.314 e. The maximum atomic E-state index is 12.5. The Hall–Kier alpha value is -2.60. The molecule has 1 aromatic heterocycles. The van der Waals surface area contributed by atoms with Gasteiger partial charge >= 0.3 is 5.97 Å². The van der Waals surface area contributed by atoms with Crippen LogP contribution in [0.3, 0.4) is 0 Å². The van der Waals surface area contributed by atoms with Gasteiger partial charge in [0.05, 0.1) is 16.1 Å². The predicted molar refractivity (Wildman–Crippen MR) is 135 cm³/mol. The van der Waals surface area contributed by atoms with Crippen molar-refractivity contribution in [3.63, 3.8) is 0 Å². The summed E-state index contributed by atoms with van der Waals surface area (Å²) in [6, 6.07) is 8.25. The third kappa shape index (κ3) is 6.26. The highest BCUT2D eigenvalue weighted by atomic mass is 35.5. The number of esters is 1. The summed E-state index contributed by atoms with van der Waals surface area (Å²) in [7, 11) is 3.49. The first-order chi connectivity index (χ1) is 15.3. The van der Waals surface area contributed by atoms with E-state index in [1.54, 1.807) is 25.0 Å². The van der Waals surface area contributed by atoms with E-state index in [4.69, 9.17) is 21.1 Å². The van der Waals surface area contributed by atoms with Gasteiger partial charge in [0, 0.05) is 25.9 Å². The van der Waals surface area contributed by atoms with Gasteiger partial charge in [0.25, 0.3) is 0 Å². The number of rotatable bonds is 8. The third-order valence-corrected chi connectivity index (χ3v) is 6.21. The largest absolute Gasteiger partial charge is 0.454 e. The Morgan fingerprint density at radius 1 is 1.15 bits per heavy atom. The van der Waals surface area contributed by atoms with E-state index in [0.29, 0.717) is 34.2 Å². The Morgan fingerprint density at radius 2 is 1.76 bits per heavy atom. The van der Waals surface area contributed by atoms with Crippen molar-refractivity contribution in [1.82, 2.24) is 9.78 Å². The molecule has 0 bridgehead atoms. The van der Waals surface area contributed by atoms with Crippen LogP contribution in [-0.4, -0.2) is 35.8 Å². The van der Waals surface area contributed by atoms with Gasteiger partial charge in [-0.1, -0.05) is 63.6 Å². The molecule has 0 unspecified atom stereocenters. The molecule has 2 aromatic rings. The van der Waals surface area contributed by atoms with Gasteiger partial charge in [0.2, 0.25) is 6.79 Å². The van der Waals surface area contributed by atoms with Crippen LogP contribution in [0.5, 0.6) is 0 Å². The molecule has 0 saturated heterocycles. The summed E-state index contributed by atoms with van der Waals surface area (Å²) in [6.07, 6.45) is 2.38. The number of carbonyl (C=O) groups excluding carboxylic acids is 1. The van der Waals surface area contributed by atoms with Crippen LogP contribution in [0.15, 0.2) is 29.3 Å². The number of hydrogen-bond acceptors (Lipinski definition) is 5. The van der Waals surface area contributed by atoms with E-state index in [9.17, 15) is 4.79 Å². The van der Waals surface area contributed by atoms with Gasteiger partial charge in [0.15, 0.2) is 5.76 Å². The number of carbonyl (C=O) groups is 1. The molecule has 0 N–H and O–H groups in total. The van der Waals surface area contributed by atoms with E-state index in [2.05, 4.69) is 43.0 Å². The SMILES string of the molecule is CCC(C)(C)C(=O)OCO/C(=C(/C=NC)c1ccc(C(C)(C)C)cc1)c1c(Cl)c(C)nn1C. The highest BCUT2D eigenvalue weighted by Gasteiger charge is 2.28. The highest BCUT2D eigenvalue weighted by molar-refractivity contribution is 6.33. The lowest BCUT2D eigenvalue weighted by Gasteiger charge is -2.22. The summed E-state index contributed by atoms with van der Waals surface area (Å²) in [4.78, 5) is 16.7. The van der Waals surface area contributed by atoms with E-state index >= 15 is 0 Å². The minimum absolute atomic E-state index is 0.0311. The average Bonchev–Trinajstić information content (AvgIpc) is 3.00. The van der Waals surface area contributed by atoms with Gasteiger partial charge in [-0.3, -0.25) is 14.5 Å². The Labute approximate surface area is 202 Å². The van der Waals surface area contributed by atoms with Crippen LogP contribution in [0.1, 0.15) is 70.5 Å². The van der Waals surface area contributed by atoms with Crippen molar-refractivity contribution >= 4 is 35.1 Å². The van der Waals surface area contributed by atoms with Crippen LogP contribution >= 0.6 is 11.6 Å². The Morgan fingerprint density at radius 3 is 2.21 bits per heavy atom. The molecule has 0 saturated carbocycles. The minimum atomic E-state index is -0.593. The number of hydrogen-bond donors (Lipinski definition) is 0. The molecule has 33 heavy (non-hydrogen) atoms. The Balaban J connectivity index is 2.58. The zero-order chi connectivity index (χ0) is 25.0. The van der Waals surface area contributed by atoms with E-state index in [-0.39, 0.29) is 18.2 Å². The van der Waals surface area contributed by atoms with Crippen LogP contribution in [0.25, 0.3) is 11.3 Å². The van der Waals surface area contributed by atoms with Crippen LogP contribution in [0.2, 0.25) is 5.02 Å². The fourth-order valence-corrected chi connectivity index (χ4v) is 3.42. The molecule has 0 spiro atoms. The van der Waals surface area contributed by atoms with Crippen molar-refractivity contribution in [1.29, 1.82) is 0 Å². The molecule has 2 rings (SSSR count). The van der Waals surface area contributed by atoms with Crippen molar-refractivity contribution < 1.29 is 14.3 Å². The molecule has 0 fully saturated rings. The molecular weight excluding hydrogens is 438 g/mol. The molecular formula is C26H36ClN3O3. The van der Waals surface area contributed by atoms with Gasteiger partial charge in [-0.25, -0.2) is 0 Å². The Bertz CT molecular complexity index is 1040. The summed E-state index contributed by atoms with van der Waals surface area (Å²) in [5, 5.41) is 4.90. The monoisotopic (exact) mass is 473 g/mol. The number of benzene rings is 1. The van der Waals surface area contributed by atoms with E-state index in [1.807, 2.05) is 39.8 Å². The minimum Gasteiger partial charge on any atom is -0.454 e. The van der Waals surface area contributed by atoms with E-state index < -0.39 is 5.41 Å². The lowest BCUT2D eigenvalue weighted by Crippen LogP contribution is -2.26. The molecule has 0 amide bonds. The van der Waals surface area contributed by atoms with Gasteiger partial charge < -0.3 is 9.47 Å². The van der Waals surface area contributed by atoms with Crippen LogP contribution in [-0.2, 0) is 26.7 Å². The number of nitrogens with zero attached hydrogens (tertiary/aromatic N) is 3. The zero-order valence-electron chi connectivity index (χ0n) is 21.2. The number of aryl methyl sites for hydroxylation is 2. The van der Waals surface area contributed by atoms with Crippen LogP contribution in [0, 0.1) is 12.3 Å². The molecule has 0 atom stereocenters. The quantitative estimate of drug-likeness (QED) is 0.198. The van der Waals surface area contributed by atoms with Crippen molar-refractivity contribution in [2.24, 2.45) is 17.5 Å². The third-order valence-electron chi connectivity index (χ3n) is 5.76. The number of halogens is 1. The number of allylic oxidation sites excluding steroid dienone is 1. The van der Waals surface area contributed by atoms with Crippen molar-refractivity contribution in [2.75, 3.05) is 13.8 Å². The van der Waals surface area contributed by atoms with E-state index in [1.165, 1.54) is 5.56 Å².